The fourth-order valence-electron chi connectivity index (χ4n) is 1.30. The average molecular weight is 248 g/mol. The topological polar surface area (TPSA) is 40.5 Å². The zero-order valence-corrected chi connectivity index (χ0v) is 9.62. The van der Waals surface area contributed by atoms with Crippen LogP contribution >= 0.6 is 0 Å². The Morgan fingerprint density at radius 3 is 1.94 bits per heavy atom. The zero-order chi connectivity index (χ0) is 13.3. The molecule has 0 bridgehead atoms. The highest BCUT2D eigenvalue weighted by Crippen LogP contribution is 2.29. The van der Waals surface area contributed by atoms with Crippen LogP contribution in [0.15, 0.2) is 24.3 Å². The van der Waals surface area contributed by atoms with Crippen LogP contribution in [0.4, 0.5) is 13.2 Å². The predicted octanol–water partition coefficient (Wildman–Crippen LogP) is 2.38. The van der Waals surface area contributed by atoms with Gasteiger partial charge < -0.3 is 10.2 Å². The predicted molar refractivity (Wildman–Crippen MR) is 57.5 cm³/mol. The molecule has 0 heterocycles. The lowest BCUT2D eigenvalue weighted by molar-refractivity contribution is -0.137. The molecule has 96 valence electrons. The van der Waals surface area contributed by atoms with Gasteiger partial charge in [-0.1, -0.05) is 12.1 Å². The van der Waals surface area contributed by atoms with E-state index in [4.69, 9.17) is 0 Å². The van der Waals surface area contributed by atoms with Crippen LogP contribution in [0.3, 0.4) is 0 Å². The Kier molecular flexibility index (Phi) is 3.84. The molecule has 0 aliphatic rings. The van der Waals surface area contributed by atoms with Crippen molar-refractivity contribution in [1.29, 1.82) is 0 Å². The largest absolute Gasteiger partial charge is 0.416 e. The molecule has 1 aromatic carbocycles. The SMILES string of the molecule is CC(C)(O)C(O)Cc1ccc(C(F)(F)F)cc1. The Hall–Kier alpha value is -1.07. The smallest absolute Gasteiger partial charge is 0.390 e. The first kappa shape index (κ1) is 14.0. The summed E-state index contributed by atoms with van der Waals surface area (Å²) < 4.78 is 36.8. The van der Waals surface area contributed by atoms with E-state index in [1.165, 1.54) is 26.0 Å². The molecule has 0 amide bonds. The molecule has 1 atom stereocenters. The van der Waals surface area contributed by atoms with Crippen LogP contribution < -0.4 is 0 Å². The van der Waals surface area contributed by atoms with Crippen molar-refractivity contribution in [2.75, 3.05) is 0 Å². The minimum atomic E-state index is -4.35. The maximum Gasteiger partial charge on any atom is 0.416 e. The molecule has 1 aromatic rings. The van der Waals surface area contributed by atoms with Gasteiger partial charge in [0.05, 0.1) is 17.3 Å². The van der Waals surface area contributed by atoms with Gasteiger partial charge in [-0.2, -0.15) is 13.2 Å². The first-order valence-corrected chi connectivity index (χ1v) is 5.17. The molecule has 0 aliphatic heterocycles. The number of aliphatic hydroxyl groups is 2. The second-order valence-electron chi connectivity index (χ2n) is 4.57. The lowest BCUT2D eigenvalue weighted by Crippen LogP contribution is -2.37. The fourth-order valence-corrected chi connectivity index (χ4v) is 1.30. The molecule has 1 rings (SSSR count). The van der Waals surface area contributed by atoms with Gasteiger partial charge in [0.1, 0.15) is 0 Å². The lowest BCUT2D eigenvalue weighted by atomic mass is 9.95. The Morgan fingerprint density at radius 1 is 1.12 bits per heavy atom. The van der Waals surface area contributed by atoms with Crippen molar-refractivity contribution in [3.8, 4) is 0 Å². The number of benzene rings is 1. The summed E-state index contributed by atoms with van der Waals surface area (Å²) in [4.78, 5) is 0. The number of hydrogen-bond donors (Lipinski definition) is 2. The van der Waals surface area contributed by atoms with E-state index in [-0.39, 0.29) is 6.42 Å². The van der Waals surface area contributed by atoms with Gasteiger partial charge in [0.25, 0.3) is 0 Å². The molecule has 2 N–H and O–H groups in total. The third-order valence-electron chi connectivity index (χ3n) is 2.53. The normalized spacial score (nSPS) is 14.8. The summed E-state index contributed by atoms with van der Waals surface area (Å²) in [6, 6.07) is 4.54. The monoisotopic (exact) mass is 248 g/mol. The van der Waals surface area contributed by atoms with Crippen LogP contribution in [0.1, 0.15) is 25.0 Å². The molecular formula is C12H15F3O2. The maximum atomic E-state index is 12.3. The lowest BCUT2D eigenvalue weighted by Gasteiger charge is -2.24. The molecule has 5 heteroatoms. The summed E-state index contributed by atoms with van der Waals surface area (Å²) in [6.45, 7) is 2.89. The molecule has 0 saturated heterocycles. The molecule has 0 aromatic heterocycles. The highest BCUT2D eigenvalue weighted by atomic mass is 19.4. The van der Waals surface area contributed by atoms with Crippen molar-refractivity contribution in [2.45, 2.75) is 38.1 Å². The quantitative estimate of drug-likeness (QED) is 0.862. The molecule has 0 saturated carbocycles. The van der Waals surface area contributed by atoms with Gasteiger partial charge in [-0.15, -0.1) is 0 Å². The van der Waals surface area contributed by atoms with Crippen LogP contribution in [-0.4, -0.2) is 21.9 Å². The number of rotatable bonds is 3. The molecule has 17 heavy (non-hydrogen) atoms. The maximum absolute atomic E-state index is 12.3. The summed E-state index contributed by atoms with van der Waals surface area (Å²) in [5.74, 6) is 0. The van der Waals surface area contributed by atoms with Gasteiger partial charge in [-0.05, 0) is 31.5 Å². The van der Waals surface area contributed by atoms with E-state index >= 15 is 0 Å². The number of alkyl halides is 3. The molecule has 2 nitrogen and oxygen atoms in total. The van der Waals surface area contributed by atoms with Crippen molar-refractivity contribution in [3.63, 3.8) is 0 Å². The first-order valence-electron chi connectivity index (χ1n) is 5.17. The van der Waals surface area contributed by atoms with Gasteiger partial charge >= 0.3 is 6.18 Å². The highest BCUT2D eigenvalue weighted by Gasteiger charge is 2.30. The minimum Gasteiger partial charge on any atom is -0.390 e. The van der Waals surface area contributed by atoms with Crippen LogP contribution in [0.2, 0.25) is 0 Å². The zero-order valence-electron chi connectivity index (χ0n) is 9.62. The second-order valence-corrected chi connectivity index (χ2v) is 4.57. The van der Waals surface area contributed by atoms with Gasteiger partial charge in [0, 0.05) is 6.42 Å². The van der Waals surface area contributed by atoms with Crippen molar-refractivity contribution in [1.82, 2.24) is 0 Å². The van der Waals surface area contributed by atoms with Crippen LogP contribution in [0.5, 0.6) is 0 Å². The first-order chi connectivity index (χ1) is 7.60. The summed E-state index contributed by atoms with van der Waals surface area (Å²) in [6.07, 6.45) is -5.26. The van der Waals surface area contributed by atoms with Gasteiger partial charge in [0.15, 0.2) is 0 Å². The van der Waals surface area contributed by atoms with E-state index in [2.05, 4.69) is 0 Å². The van der Waals surface area contributed by atoms with Crippen molar-refractivity contribution < 1.29 is 23.4 Å². The number of aliphatic hydroxyl groups excluding tert-OH is 1. The number of halogens is 3. The Labute approximate surface area is 97.7 Å². The molecule has 0 spiro atoms. The standard InChI is InChI=1S/C12H15F3O2/c1-11(2,17)10(16)7-8-3-5-9(6-4-8)12(13,14)15/h3-6,10,16-17H,7H2,1-2H3. The van der Waals surface area contributed by atoms with Crippen molar-refractivity contribution in [2.24, 2.45) is 0 Å². The molecule has 0 aliphatic carbocycles. The van der Waals surface area contributed by atoms with E-state index < -0.39 is 23.4 Å². The molecule has 0 fully saturated rings. The summed E-state index contributed by atoms with van der Waals surface area (Å²) in [5.41, 5.74) is -1.45. The molecular weight excluding hydrogens is 233 g/mol. The Morgan fingerprint density at radius 2 is 1.59 bits per heavy atom. The summed E-state index contributed by atoms with van der Waals surface area (Å²) in [7, 11) is 0. The summed E-state index contributed by atoms with van der Waals surface area (Å²) in [5, 5.41) is 19.1. The summed E-state index contributed by atoms with van der Waals surface area (Å²) >= 11 is 0. The number of hydrogen-bond acceptors (Lipinski definition) is 2. The minimum absolute atomic E-state index is 0.113. The van der Waals surface area contributed by atoms with E-state index in [1.54, 1.807) is 0 Å². The van der Waals surface area contributed by atoms with Crippen LogP contribution in [0.25, 0.3) is 0 Å². The Bertz CT molecular complexity index is 363. The fraction of sp³-hybridized carbons (Fsp3) is 0.500. The van der Waals surface area contributed by atoms with Crippen molar-refractivity contribution in [3.05, 3.63) is 35.4 Å². The van der Waals surface area contributed by atoms with Crippen LogP contribution in [0, 0.1) is 0 Å². The van der Waals surface area contributed by atoms with Gasteiger partial charge in [-0.25, -0.2) is 0 Å². The van der Waals surface area contributed by atoms with E-state index in [0.29, 0.717) is 5.56 Å². The third-order valence-corrected chi connectivity index (χ3v) is 2.53. The third kappa shape index (κ3) is 4.02. The van der Waals surface area contributed by atoms with E-state index in [9.17, 15) is 23.4 Å². The second kappa shape index (κ2) is 4.66. The Balaban J connectivity index is 2.76. The average Bonchev–Trinajstić information content (AvgIpc) is 2.15. The molecule has 0 radical (unpaired) electrons. The van der Waals surface area contributed by atoms with E-state index in [0.717, 1.165) is 12.1 Å². The van der Waals surface area contributed by atoms with Gasteiger partial charge in [0.2, 0.25) is 0 Å². The van der Waals surface area contributed by atoms with Crippen LogP contribution in [-0.2, 0) is 12.6 Å². The highest BCUT2D eigenvalue weighted by molar-refractivity contribution is 5.25. The van der Waals surface area contributed by atoms with E-state index in [1.807, 2.05) is 0 Å². The molecule has 1 unspecified atom stereocenters. The van der Waals surface area contributed by atoms with Crippen molar-refractivity contribution >= 4 is 0 Å². The van der Waals surface area contributed by atoms with Gasteiger partial charge in [-0.3, -0.25) is 0 Å².